The lowest BCUT2D eigenvalue weighted by atomic mass is 10.1. The van der Waals surface area contributed by atoms with Crippen LogP contribution >= 0.6 is 11.3 Å². The van der Waals surface area contributed by atoms with Gasteiger partial charge in [-0.15, -0.1) is 11.3 Å². The minimum Gasteiger partial charge on any atom is -0.334 e. The van der Waals surface area contributed by atoms with Gasteiger partial charge in [-0.25, -0.2) is 9.78 Å². The predicted octanol–water partition coefficient (Wildman–Crippen LogP) is 3.39. The van der Waals surface area contributed by atoms with Gasteiger partial charge in [-0.05, 0) is 26.3 Å². The molecular weight excluding hydrogens is 258 g/mol. The van der Waals surface area contributed by atoms with Crippen molar-refractivity contribution in [2.45, 2.75) is 27.3 Å². The SMILES string of the molecule is Cc1cccc(CNC(=O)Nc2nc(C)c(C)s2)c1. The summed E-state index contributed by atoms with van der Waals surface area (Å²) in [7, 11) is 0. The number of rotatable bonds is 3. The molecule has 2 rings (SSSR count). The van der Waals surface area contributed by atoms with E-state index in [4.69, 9.17) is 0 Å². The molecule has 0 spiro atoms. The van der Waals surface area contributed by atoms with Crippen LogP contribution in [0, 0.1) is 20.8 Å². The third-order valence-corrected chi connectivity index (χ3v) is 3.77. The van der Waals surface area contributed by atoms with Gasteiger partial charge in [0.15, 0.2) is 5.13 Å². The molecule has 0 atom stereocenters. The molecule has 4 nitrogen and oxygen atoms in total. The molecule has 19 heavy (non-hydrogen) atoms. The number of thiazole rings is 1. The topological polar surface area (TPSA) is 54.0 Å². The highest BCUT2D eigenvalue weighted by molar-refractivity contribution is 7.15. The summed E-state index contributed by atoms with van der Waals surface area (Å²) in [5.74, 6) is 0. The van der Waals surface area contributed by atoms with E-state index in [9.17, 15) is 4.79 Å². The van der Waals surface area contributed by atoms with E-state index in [0.29, 0.717) is 11.7 Å². The quantitative estimate of drug-likeness (QED) is 0.902. The lowest BCUT2D eigenvalue weighted by molar-refractivity contribution is 0.251. The Morgan fingerprint density at radius 2 is 2.11 bits per heavy atom. The molecule has 100 valence electrons. The molecule has 1 aromatic heterocycles. The lowest BCUT2D eigenvalue weighted by Crippen LogP contribution is -2.28. The van der Waals surface area contributed by atoms with E-state index in [1.54, 1.807) is 0 Å². The first-order valence-electron chi connectivity index (χ1n) is 6.09. The Hall–Kier alpha value is -1.88. The highest BCUT2D eigenvalue weighted by Gasteiger charge is 2.07. The maximum absolute atomic E-state index is 11.7. The number of aryl methyl sites for hydroxylation is 3. The number of carbonyl (C=O) groups is 1. The largest absolute Gasteiger partial charge is 0.334 e. The van der Waals surface area contributed by atoms with Gasteiger partial charge in [0.05, 0.1) is 5.69 Å². The summed E-state index contributed by atoms with van der Waals surface area (Å²) in [6.45, 7) is 6.46. The summed E-state index contributed by atoms with van der Waals surface area (Å²) in [5, 5.41) is 6.20. The van der Waals surface area contributed by atoms with Crippen molar-refractivity contribution in [1.29, 1.82) is 0 Å². The number of nitrogens with zero attached hydrogens (tertiary/aromatic N) is 1. The number of amides is 2. The summed E-state index contributed by atoms with van der Waals surface area (Å²) < 4.78 is 0. The van der Waals surface area contributed by atoms with Gasteiger partial charge in [-0.1, -0.05) is 29.8 Å². The second kappa shape index (κ2) is 5.84. The van der Waals surface area contributed by atoms with Crippen LogP contribution < -0.4 is 10.6 Å². The Bertz CT molecular complexity index is 573. The number of urea groups is 1. The number of carbonyl (C=O) groups excluding carboxylic acids is 1. The van der Waals surface area contributed by atoms with Crippen molar-refractivity contribution in [3.63, 3.8) is 0 Å². The molecule has 0 aliphatic carbocycles. The summed E-state index contributed by atoms with van der Waals surface area (Å²) in [4.78, 5) is 17.1. The van der Waals surface area contributed by atoms with Gasteiger partial charge in [-0.2, -0.15) is 0 Å². The fraction of sp³-hybridized carbons (Fsp3) is 0.286. The standard InChI is InChI=1S/C14H17N3OS/c1-9-5-4-6-12(7-9)8-15-13(18)17-14-16-10(2)11(3)19-14/h4-7H,8H2,1-3H3,(H2,15,16,17,18). The van der Waals surface area contributed by atoms with Crippen molar-refractivity contribution >= 4 is 22.5 Å². The van der Waals surface area contributed by atoms with Crippen LogP contribution in [0.5, 0.6) is 0 Å². The maximum Gasteiger partial charge on any atom is 0.321 e. The van der Waals surface area contributed by atoms with Crippen molar-refractivity contribution in [3.05, 3.63) is 46.0 Å². The zero-order valence-corrected chi connectivity index (χ0v) is 12.1. The van der Waals surface area contributed by atoms with E-state index < -0.39 is 0 Å². The molecule has 0 bridgehead atoms. The van der Waals surface area contributed by atoms with Crippen molar-refractivity contribution in [3.8, 4) is 0 Å². The van der Waals surface area contributed by atoms with Crippen LogP contribution in [0.3, 0.4) is 0 Å². The van der Waals surface area contributed by atoms with E-state index in [-0.39, 0.29) is 6.03 Å². The number of aromatic nitrogens is 1. The highest BCUT2D eigenvalue weighted by atomic mass is 32.1. The second-order valence-electron chi connectivity index (χ2n) is 4.46. The first-order valence-corrected chi connectivity index (χ1v) is 6.90. The molecule has 0 aliphatic rings. The molecule has 0 aliphatic heterocycles. The molecule has 2 N–H and O–H groups in total. The third-order valence-electron chi connectivity index (χ3n) is 2.78. The van der Waals surface area contributed by atoms with E-state index in [2.05, 4.69) is 21.7 Å². The van der Waals surface area contributed by atoms with Crippen LogP contribution in [0.2, 0.25) is 0 Å². The number of benzene rings is 1. The van der Waals surface area contributed by atoms with E-state index >= 15 is 0 Å². The fourth-order valence-corrected chi connectivity index (χ4v) is 2.48. The Morgan fingerprint density at radius 1 is 1.32 bits per heavy atom. The van der Waals surface area contributed by atoms with Crippen LogP contribution in [0.15, 0.2) is 24.3 Å². The minimum atomic E-state index is -0.227. The molecule has 0 unspecified atom stereocenters. The maximum atomic E-state index is 11.7. The third kappa shape index (κ3) is 3.79. The second-order valence-corrected chi connectivity index (χ2v) is 5.66. The Balaban J connectivity index is 1.88. The summed E-state index contributed by atoms with van der Waals surface area (Å²) in [5.41, 5.74) is 3.23. The summed E-state index contributed by atoms with van der Waals surface area (Å²) >= 11 is 1.48. The fourth-order valence-electron chi connectivity index (χ4n) is 1.67. The van der Waals surface area contributed by atoms with Gasteiger partial charge in [0.25, 0.3) is 0 Å². The van der Waals surface area contributed by atoms with Gasteiger partial charge >= 0.3 is 6.03 Å². The molecule has 0 radical (unpaired) electrons. The van der Waals surface area contributed by atoms with Crippen molar-refractivity contribution < 1.29 is 4.79 Å². The van der Waals surface area contributed by atoms with E-state index in [1.807, 2.05) is 39.0 Å². The number of anilines is 1. The van der Waals surface area contributed by atoms with Gasteiger partial charge in [-0.3, -0.25) is 5.32 Å². The van der Waals surface area contributed by atoms with Crippen LogP contribution in [0.4, 0.5) is 9.93 Å². The average Bonchev–Trinajstić information content (AvgIpc) is 2.66. The van der Waals surface area contributed by atoms with E-state index in [1.165, 1.54) is 16.9 Å². The van der Waals surface area contributed by atoms with Crippen molar-refractivity contribution in [2.24, 2.45) is 0 Å². The van der Waals surface area contributed by atoms with Gasteiger partial charge in [0, 0.05) is 11.4 Å². The van der Waals surface area contributed by atoms with Crippen LogP contribution in [0.1, 0.15) is 21.7 Å². The number of hydrogen-bond acceptors (Lipinski definition) is 3. The zero-order valence-electron chi connectivity index (χ0n) is 11.3. The highest BCUT2D eigenvalue weighted by Crippen LogP contribution is 2.20. The Kier molecular flexibility index (Phi) is 4.16. The molecule has 1 heterocycles. The molecule has 0 saturated heterocycles. The monoisotopic (exact) mass is 275 g/mol. The average molecular weight is 275 g/mol. The molecule has 1 aromatic carbocycles. The van der Waals surface area contributed by atoms with E-state index in [0.717, 1.165) is 16.1 Å². The number of hydrogen-bond donors (Lipinski definition) is 2. The molecule has 0 saturated carbocycles. The molecular formula is C14H17N3OS. The van der Waals surface area contributed by atoms with Crippen LogP contribution in [-0.2, 0) is 6.54 Å². The molecule has 2 amide bonds. The van der Waals surface area contributed by atoms with Gasteiger partial charge < -0.3 is 5.32 Å². The summed E-state index contributed by atoms with van der Waals surface area (Å²) in [6, 6.07) is 7.83. The van der Waals surface area contributed by atoms with Crippen molar-refractivity contribution in [1.82, 2.24) is 10.3 Å². The Labute approximate surface area is 116 Å². The van der Waals surface area contributed by atoms with Gasteiger partial charge in [0.1, 0.15) is 0 Å². The van der Waals surface area contributed by atoms with Crippen molar-refractivity contribution in [2.75, 3.05) is 5.32 Å². The number of nitrogens with one attached hydrogen (secondary N) is 2. The molecule has 5 heteroatoms. The first kappa shape index (κ1) is 13.5. The normalized spacial score (nSPS) is 10.3. The Morgan fingerprint density at radius 3 is 2.74 bits per heavy atom. The summed E-state index contributed by atoms with van der Waals surface area (Å²) in [6.07, 6.45) is 0. The molecule has 0 fully saturated rings. The lowest BCUT2D eigenvalue weighted by Gasteiger charge is -2.06. The van der Waals surface area contributed by atoms with Crippen LogP contribution in [0.25, 0.3) is 0 Å². The zero-order chi connectivity index (χ0) is 13.8. The van der Waals surface area contributed by atoms with Crippen LogP contribution in [-0.4, -0.2) is 11.0 Å². The minimum absolute atomic E-state index is 0.227. The predicted molar refractivity (Wildman–Crippen MR) is 78.6 cm³/mol. The van der Waals surface area contributed by atoms with Gasteiger partial charge in [0.2, 0.25) is 0 Å². The smallest absolute Gasteiger partial charge is 0.321 e. The molecule has 2 aromatic rings. The first-order chi connectivity index (χ1) is 9.04.